The summed E-state index contributed by atoms with van der Waals surface area (Å²) in [6.07, 6.45) is 7.84. The first-order valence-corrected chi connectivity index (χ1v) is 11.8. The van der Waals surface area contributed by atoms with Crippen LogP contribution < -0.4 is 24.3 Å². The Morgan fingerprint density at radius 2 is 1.90 bits per heavy atom. The van der Waals surface area contributed by atoms with Crippen LogP contribution in [0.1, 0.15) is 17.4 Å². The van der Waals surface area contributed by atoms with Crippen LogP contribution in [0.3, 0.4) is 0 Å². The number of rotatable bonds is 11. The van der Waals surface area contributed by atoms with Gasteiger partial charge < -0.3 is 24.3 Å². The van der Waals surface area contributed by atoms with Crippen molar-refractivity contribution in [2.75, 3.05) is 33.2 Å². The van der Waals surface area contributed by atoms with Crippen LogP contribution >= 0.6 is 0 Å². The zero-order valence-corrected chi connectivity index (χ0v) is 21.9. The number of fused-ring (bicyclic) bond motifs is 1. The molecule has 0 bridgehead atoms. The Hall–Kier alpha value is -5.26. The molecule has 0 saturated heterocycles. The van der Waals surface area contributed by atoms with Gasteiger partial charge in [-0.15, -0.1) is 5.11 Å². The largest absolute Gasteiger partial charge is 0.493 e. The summed E-state index contributed by atoms with van der Waals surface area (Å²) >= 11 is 0. The van der Waals surface area contributed by atoms with Crippen LogP contribution in [-0.2, 0) is 0 Å². The van der Waals surface area contributed by atoms with E-state index in [0.29, 0.717) is 46.8 Å². The standard InChI is InChI=1S/C27H27N7O5/c1-6-8-25(32-28-3)34-16-23(38-7-2)26(33-34)27(35)31-24-10-9-17(15-30-24)39-20-11-12-29-19-14-22(37-5)21(36-4)13-18(19)20/h6,8-16H,1,7H2,2-5H3,(H,30,31,35)/b25-8+,32-28-. The Morgan fingerprint density at radius 3 is 2.56 bits per heavy atom. The number of allylic oxidation sites excluding steroid dienone is 2. The van der Waals surface area contributed by atoms with Crippen molar-refractivity contribution in [2.45, 2.75) is 6.92 Å². The fraction of sp³-hybridized carbons (Fsp3) is 0.185. The summed E-state index contributed by atoms with van der Waals surface area (Å²) in [6.45, 7) is 5.82. The van der Waals surface area contributed by atoms with Crippen molar-refractivity contribution in [3.63, 3.8) is 0 Å². The molecule has 0 aliphatic heterocycles. The Bertz CT molecular complexity index is 1540. The Balaban J connectivity index is 1.54. The van der Waals surface area contributed by atoms with Gasteiger partial charge in [0.2, 0.25) is 0 Å². The lowest BCUT2D eigenvalue weighted by molar-refractivity contribution is 0.101. The number of aromatic nitrogens is 4. The molecule has 0 fully saturated rings. The number of pyridine rings is 2. The van der Waals surface area contributed by atoms with E-state index in [9.17, 15) is 4.79 Å². The molecule has 0 unspecified atom stereocenters. The first-order chi connectivity index (χ1) is 19.0. The van der Waals surface area contributed by atoms with Crippen molar-refractivity contribution < 1.29 is 23.7 Å². The van der Waals surface area contributed by atoms with Crippen LogP contribution in [0, 0.1) is 0 Å². The molecule has 12 heteroatoms. The van der Waals surface area contributed by atoms with Gasteiger partial charge in [-0.3, -0.25) is 9.78 Å². The van der Waals surface area contributed by atoms with E-state index < -0.39 is 5.91 Å². The van der Waals surface area contributed by atoms with Crippen molar-refractivity contribution in [1.82, 2.24) is 19.7 Å². The third-order valence-electron chi connectivity index (χ3n) is 5.31. The number of benzene rings is 1. The average Bonchev–Trinajstić information content (AvgIpc) is 3.37. The highest BCUT2D eigenvalue weighted by atomic mass is 16.5. The maximum absolute atomic E-state index is 13.0. The minimum atomic E-state index is -0.508. The normalized spacial score (nSPS) is 11.4. The van der Waals surface area contributed by atoms with Crippen LogP contribution in [0.25, 0.3) is 16.7 Å². The van der Waals surface area contributed by atoms with E-state index in [2.05, 4.69) is 37.2 Å². The van der Waals surface area contributed by atoms with Gasteiger partial charge in [0.05, 0.1) is 38.7 Å². The van der Waals surface area contributed by atoms with Gasteiger partial charge in [-0.2, -0.15) is 10.2 Å². The molecule has 1 aromatic carbocycles. The lowest BCUT2D eigenvalue weighted by Gasteiger charge is -2.12. The van der Waals surface area contributed by atoms with Crippen molar-refractivity contribution in [2.24, 2.45) is 10.2 Å². The van der Waals surface area contributed by atoms with Crippen LogP contribution in [0.15, 0.2) is 77.9 Å². The van der Waals surface area contributed by atoms with Gasteiger partial charge in [0.1, 0.15) is 17.3 Å². The number of anilines is 1. The molecule has 1 amide bonds. The number of hydrogen-bond acceptors (Lipinski definition) is 10. The number of methoxy groups -OCH3 is 2. The molecule has 3 aromatic heterocycles. The number of carbonyl (C=O) groups is 1. The number of azo groups is 1. The van der Waals surface area contributed by atoms with Crippen LogP contribution in [0.5, 0.6) is 28.7 Å². The number of ether oxygens (including phenoxy) is 4. The van der Waals surface area contributed by atoms with E-state index in [4.69, 9.17) is 18.9 Å². The lowest BCUT2D eigenvalue weighted by Crippen LogP contribution is -2.15. The average molecular weight is 530 g/mol. The molecule has 4 aromatic rings. The van der Waals surface area contributed by atoms with Gasteiger partial charge in [-0.05, 0) is 37.3 Å². The van der Waals surface area contributed by atoms with Crippen molar-refractivity contribution >= 4 is 28.4 Å². The highest BCUT2D eigenvalue weighted by Gasteiger charge is 2.20. The quantitative estimate of drug-likeness (QED) is 0.203. The fourth-order valence-corrected chi connectivity index (χ4v) is 3.61. The Morgan fingerprint density at radius 1 is 1.10 bits per heavy atom. The SMILES string of the molecule is C=C/C=C(\N=N/C)n1cc(OCC)c(C(=O)Nc2ccc(Oc3ccnc4cc(OC)c(OC)cc34)cn2)n1. The first kappa shape index (κ1) is 26.8. The number of amides is 1. The molecule has 12 nitrogen and oxygen atoms in total. The first-order valence-electron chi connectivity index (χ1n) is 11.8. The maximum Gasteiger partial charge on any atom is 0.281 e. The summed E-state index contributed by atoms with van der Waals surface area (Å²) in [7, 11) is 4.66. The molecule has 3 heterocycles. The molecule has 4 rings (SSSR count). The Labute approximate surface area is 224 Å². The number of carbonyl (C=O) groups excluding carboxylic acids is 1. The minimum Gasteiger partial charge on any atom is -0.493 e. The molecular formula is C27H27N7O5. The van der Waals surface area contributed by atoms with Crippen molar-refractivity contribution in [3.05, 3.63) is 73.3 Å². The molecule has 1 N–H and O–H groups in total. The third-order valence-corrected chi connectivity index (χ3v) is 5.31. The van der Waals surface area contributed by atoms with E-state index in [-0.39, 0.29) is 11.4 Å². The summed E-state index contributed by atoms with van der Waals surface area (Å²) < 4.78 is 23.8. The zero-order valence-electron chi connectivity index (χ0n) is 21.9. The second-order valence-corrected chi connectivity index (χ2v) is 7.75. The molecule has 0 radical (unpaired) electrons. The third kappa shape index (κ3) is 6.01. The lowest BCUT2D eigenvalue weighted by atomic mass is 10.2. The van der Waals surface area contributed by atoms with Gasteiger partial charge in [0.25, 0.3) is 5.91 Å². The van der Waals surface area contributed by atoms with E-state index in [1.807, 2.05) is 6.92 Å². The molecule has 0 aliphatic carbocycles. The predicted octanol–water partition coefficient (Wildman–Crippen LogP) is 5.35. The molecule has 0 spiro atoms. The second-order valence-electron chi connectivity index (χ2n) is 7.75. The van der Waals surface area contributed by atoms with Crippen LogP contribution in [-0.4, -0.2) is 53.5 Å². The van der Waals surface area contributed by atoms with E-state index in [1.54, 1.807) is 69.1 Å². The molecule has 0 atom stereocenters. The van der Waals surface area contributed by atoms with Crippen LogP contribution in [0.4, 0.5) is 5.82 Å². The summed E-state index contributed by atoms with van der Waals surface area (Å²) in [6, 6.07) is 8.61. The van der Waals surface area contributed by atoms with Gasteiger partial charge >= 0.3 is 0 Å². The molecule has 39 heavy (non-hydrogen) atoms. The molecule has 0 aliphatic rings. The van der Waals surface area contributed by atoms with E-state index in [0.717, 1.165) is 5.39 Å². The topological polar surface area (TPSA) is 134 Å². The van der Waals surface area contributed by atoms with E-state index in [1.165, 1.54) is 17.9 Å². The smallest absolute Gasteiger partial charge is 0.281 e. The highest BCUT2D eigenvalue weighted by Crippen LogP contribution is 2.36. The summed E-state index contributed by atoms with van der Waals surface area (Å²) in [4.78, 5) is 21.7. The van der Waals surface area contributed by atoms with Gasteiger partial charge in [0, 0.05) is 24.7 Å². The maximum atomic E-state index is 13.0. The summed E-state index contributed by atoms with van der Waals surface area (Å²) in [5.41, 5.74) is 0.742. The van der Waals surface area contributed by atoms with Gasteiger partial charge in [0.15, 0.2) is 28.8 Å². The summed E-state index contributed by atoms with van der Waals surface area (Å²) in [5.74, 6) is 2.57. The number of nitrogens with one attached hydrogen (secondary N) is 1. The van der Waals surface area contributed by atoms with Crippen molar-refractivity contribution in [1.29, 1.82) is 0 Å². The molecule has 0 saturated carbocycles. The van der Waals surface area contributed by atoms with E-state index >= 15 is 0 Å². The van der Waals surface area contributed by atoms with Gasteiger partial charge in [-0.1, -0.05) is 12.7 Å². The summed E-state index contributed by atoms with van der Waals surface area (Å²) in [5, 5.41) is 15.6. The second kappa shape index (κ2) is 12.3. The molecular weight excluding hydrogens is 502 g/mol. The predicted molar refractivity (Wildman–Crippen MR) is 146 cm³/mol. The monoisotopic (exact) mass is 529 g/mol. The van der Waals surface area contributed by atoms with Crippen LogP contribution in [0.2, 0.25) is 0 Å². The minimum absolute atomic E-state index is 0.0628. The highest BCUT2D eigenvalue weighted by molar-refractivity contribution is 6.04. The molecule has 200 valence electrons. The number of nitrogens with zero attached hydrogens (tertiary/aromatic N) is 6. The van der Waals surface area contributed by atoms with Crippen molar-refractivity contribution in [3.8, 4) is 28.7 Å². The Kier molecular flexibility index (Phi) is 8.46. The zero-order chi connectivity index (χ0) is 27.8. The number of hydrogen-bond donors (Lipinski definition) is 1. The van der Waals surface area contributed by atoms with Gasteiger partial charge in [-0.25, -0.2) is 9.67 Å². The fourth-order valence-electron chi connectivity index (χ4n) is 3.61.